The Morgan fingerprint density at radius 2 is 1.88 bits per heavy atom. The predicted molar refractivity (Wildman–Crippen MR) is 94.4 cm³/mol. The van der Waals surface area contributed by atoms with Crippen molar-refractivity contribution in [3.63, 3.8) is 0 Å². The molecule has 140 valence electrons. The molecule has 4 atom stereocenters. The third kappa shape index (κ3) is 7.95. The van der Waals surface area contributed by atoms with Crippen molar-refractivity contribution in [2.75, 3.05) is 13.2 Å². The number of carbonyl (C=O) groups is 2. The van der Waals surface area contributed by atoms with Gasteiger partial charge in [-0.25, -0.2) is 4.79 Å². The van der Waals surface area contributed by atoms with Gasteiger partial charge >= 0.3 is 11.9 Å². The monoisotopic (exact) mass is 342 g/mol. The summed E-state index contributed by atoms with van der Waals surface area (Å²) in [6, 6.07) is 0. The first-order chi connectivity index (χ1) is 11.2. The summed E-state index contributed by atoms with van der Waals surface area (Å²) in [6.07, 6.45) is 3.34. The highest BCUT2D eigenvalue weighted by Crippen LogP contribution is 2.36. The maximum absolute atomic E-state index is 11.9. The summed E-state index contributed by atoms with van der Waals surface area (Å²) in [5.41, 5.74) is -0.474. The molecule has 0 saturated heterocycles. The molecule has 0 radical (unpaired) electrons. The largest absolute Gasteiger partial charge is 0.465 e. The number of hydrogen-bond acceptors (Lipinski definition) is 5. The minimum Gasteiger partial charge on any atom is -0.465 e. The Kier molecular flexibility index (Phi) is 10.6. The summed E-state index contributed by atoms with van der Waals surface area (Å²) < 4.78 is 10.6. The van der Waals surface area contributed by atoms with E-state index in [0.29, 0.717) is 6.42 Å². The van der Waals surface area contributed by atoms with Crippen molar-refractivity contribution in [1.29, 1.82) is 0 Å². The van der Waals surface area contributed by atoms with Crippen LogP contribution in [0, 0.1) is 17.3 Å². The van der Waals surface area contributed by atoms with Crippen molar-refractivity contribution in [3.8, 4) is 0 Å². The topological polar surface area (TPSA) is 72.8 Å². The average molecular weight is 342 g/mol. The van der Waals surface area contributed by atoms with Gasteiger partial charge < -0.3 is 14.6 Å². The van der Waals surface area contributed by atoms with Gasteiger partial charge in [-0.3, -0.25) is 4.79 Å². The van der Waals surface area contributed by atoms with E-state index < -0.39 is 17.5 Å². The minimum atomic E-state index is -0.680. The quantitative estimate of drug-likeness (QED) is 0.434. The Morgan fingerprint density at radius 1 is 1.25 bits per heavy atom. The first-order valence-electron chi connectivity index (χ1n) is 8.83. The molecule has 0 saturated carbocycles. The number of aliphatic hydroxyl groups excluding tert-OH is 1. The van der Waals surface area contributed by atoms with E-state index in [9.17, 15) is 14.7 Å². The molecule has 0 aliphatic heterocycles. The highest BCUT2D eigenvalue weighted by atomic mass is 16.5. The molecule has 5 heteroatoms. The molecule has 0 aliphatic carbocycles. The molecular weight excluding hydrogens is 308 g/mol. The summed E-state index contributed by atoms with van der Waals surface area (Å²) in [4.78, 5) is 23.3. The van der Waals surface area contributed by atoms with Crippen LogP contribution in [0.1, 0.15) is 60.3 Å². The van der Waals surface area contributed by atoms with Crippen molar-refractivity contribution in [2.45, 2.75) is 66.4 Å². The SMILES string of the molecule is C=CC(=O)OCC(C)(CCC)C(COC(=O)CC(C)CC)C(C)O. The highest BCUT2D eigenvalue weighted by Gasteiger charge is 2.38. The van der Waals surface area contributed by atoms with Crippen LogP contribution in [0.2, 0.25) is 0 Å². The number of rotatable bonds is 12. The third-order valence-electron chi connectivity index (χ3n) is 4.65. The molecule has 5 nitrogen and oxygen atoms in total. The summed E-state index contributed by atoms with van der Waals surface area (Å²) in [6.45, 7) is 13.4. The molecule has 0 aromatic carbocycles. The Balaban J connectivity index is 4.95. The second kappa shape index (κ2) is 11.2. The van der Waals surface area contributed by atoms with Gasteiger partial charge in [-0.15, -0.1) is 0 Å². The van der Waals surface area contributed by atoms with Crippen molar-refractivity contribution in [3.05, 3.63) is 12.7 Å². The van der Waals surface area contributed by atoms with E-state index in [2.05, 4.69) is 6.58 Å². The van der Waals surface area contributed by atoms with Crippen molar-refractivity contribution in [1.82, 2.24) is 0 Å². The van der Waals surface area contributed by atoms with E-state index in [4.69, 9.17) is 9.47 Å². The Hall–Kier alpha value is -1.36. The predicted octanol–water partition coefficient (Wildman–Crippen LogP) is 3.50. The lowest BCUT2D eigenvalue weighted by Crippen LogP contribution is -2.42. The lowest BCUT2D eigenvalue weighted by molar-refractivity contribution is -0.155. The molecule has 0 fully saturated rings. The van der Waals surface area contributed by atoms with Crippen LogP contribution < -0.4 is 0 Å². The molecule has 1 N–H and O–H groups in total. The van der Waals surface area contributed by atoms with E-state index in [1.165, 1.54) is 0 Å². The van der Waals surface area contributed by atoms with Crippen LogP contribution in [0.3, 0.4) is 0 Å². The number of esters is 2. The van der Waals surface area contributed by atoms with Gasteiger partial charge in [0.25, 0.3) is 0 Å². The molecule has 4 unspecified atom stereocenters. The maximum Gasteiger partial charge on any atom is 0.330 e. The van der Waals surface area contributed by atoms with E-state index in [1.807, 2.05) is 27.7 Å². The fourth-order valence-corrected chi connectivity index (χ4v) is 2.82. The molecule has 0 rings (SSSR count). The van der Waals surface area contributed by atoms with Crippen LogP contribution >= 0.6 is 0 Å². The molecule has 0 heterocycles. The molecule has 0 spiro atoms. The zero-order chi connectivity index (χ0) is 18.8. The van der Waals surface area contributed by atoms with E-state index in [1.54, 1.807) is 6.92 Å². The lowest BCUT2D eigenvalue weighted by Gasteiger charge is -2.38. The van der Waals surface area contributed by atoms with Gasteiger partial charge in [0.05, 0.1) is 19.3 Å². The van der Waals surface area contributed by atoms with Gasteiger partial charge in [-0.05, 0) is 19.3 Å². The van der Waals surface area contributed by atoms with E-state index >= 15 is 0 Å². The molecule has 0 aromatic rings. The van der Waals surface area contributed by atoms with Gasteiger partial charge in [0.2, 0.25) is 0 Å². The third-order valence-corrected chi connectivity index (χ3v) is 4.65. The molecule has 0 amide bonds. The highest BCUT2D eigenvalue weighted by molar-refractivity contribution is 5.81. The Bertz CT molecular complexity index is 405. The number of hydrogen-bond donors (Lipinski definition) is 1. The summed E-state index contributed by atoms with van der Waals surface area (Å²) in [5.74, 6) is -0.776. The molecule has 24 heavy (non-hydrogen) atoms. The second-order valence-electron chi connectivity index (χ2n) is 6.96. The average Bonchev–Trinajstić information content (AvgIpc) is 2.52. The molecular formula is C19H34O5. The van der Waals surface area contributed by atoms with Gasteiger partial charge in [0, 0.05) is 23.8 Å². The number of aliphatic hydroxyl groups is 1. The zero-order valence-corrected chi connectivity index (χ0v) is 15.8. The van der Waals surface area contributed by atoms with Crippen LogP contribution in [0.4, 0.5) is 0 Å². The fourth-order valence-electron chi connectivity index (χ4n) is 2.82. The van der Waals surface area contributed by atoms with Crippen LogP contribution in [0.15, 0.2) is 12.7 Å². The number of ether oxygens (including phenoxy) is 2. The van der Waals surface area contributed by atoms with Crippen LogP contribution in [-0.2, 0) is 19.1 Å². The van der Waals surface area contributed by atoms with Gasteiger partial charge in [-0.1, -0.05) is 47.1 Å². The minimum absolute atomic E-state index is 0.120. The van der Waals surface area contributed by atoms with Gasteiger partial charge in [0.1, 0.15) is 0 Å². The van der Waals surface area contributed by atoms with Crippen LogP contribution in [0.25, 0.3) is 0 Å². The smallest absolute Gasteiger partial charge is 0.330 e. The van der Waals surface area contributed by atoms with Crippen LogP contribution in [0.5, 0.6) is 0 Å². The van der Waals surface area contributed by atoms with Crippen molar-refractivity contribution < 1.29 is 24.2 Å². The fraction of sp³-hybridized carbons (Fsp3) is 0.789. The van der Waals surface area contributed by atoms with Crippen molar-refractivity contribution in [2.24, 2.45) is 17.3 Å². The van der Waals surface area contributed by atoms with E-state index in [-0.39, 0.29) is 31.0 Å². The van der Waals surface area contributed by atoms with E-state index in [0.717, 1.165) is 25.3 Å². The molecule has 0 aromatic heterocycles. The zero-order valence-electron chi connectivity index (χ0n) is 15.8. The molecule has 0 aliphatic rings. The van der Waals surface area contributed by atoms with Crippen molar-refractivity contribution >= 4 is 11.9 Å². The second-order valence-corrected chi connectivity index (χ2v) is 6.96. The Morgan fingerprint density at radius 3 is 2.33 bits per heavy atom. The standard InChI is InChI=1S/C19H34O5/c1-7-10-19(6,13-24-17(21)9-3)16(15(5)20)12-23-18(22)11-14(4)8-2/h9,14-16,20H,3,7-8,10-13H2,1-2,4-6H3. The summed E-state index contributed by atoms with van der Waals surface area (Å²) in [7, 11) is 0. The van der Waals surface area contributed by atoms with Crippen LogP contribution in [-0.4, -0.2) is 36.4 Å². The first kappa shape index (κ1) is 22.6. The summed E-state index contributed by atoms with van der Waals surface area (Å²) in [5, 5.41) is 10.2. The maximum atomic E-state index is 11.9. The number of carbonyl (C=O) groups excluding carboxylic acids is 2. The van der Waals surface area contributed by atoms with Gasteiger partial charge in [-0.2, -0.15) is 0 Å². The normalized spacial score (nSPS) is 17.2. The lowest BCUT2D eigenvalue weighted by atomic mass is 9.72. The first-order valence-corrected chi connectivity index (χ1v) is 8.83. The summed E-state index contributed by atoms with van der Waals surface area (Å²) >= 11 is 0. The molecule has 0 bridgehead atoms. The van der Waals surface area contributed by atoms with Gasteiger partial charge in [0.15, 0.2) is 0 Å². The Labute approximate surface area is 146 Å².